The Labute approximate surface area is 264 Å². The molecule has 0 amide bonds. The Morgan fingerprint density at radius 2 is 1.31 bits per heavy atom. The van der Waals surface area contributed by atoms with Gasteiger partial charge in [-0.1, -0.05) is 0 Å². The van der Waals surface area contributed by atoms with E-state index in [-0.39, 0.29) is 25.3 Å². The lowest BCUT2D eigenvalue weighted by atomic mass is 10.4. The molecule has 0 aliphatic heterocycles. The molecule has 1 atom stereocenters. The standard InChI is InChI=1S/C19H30N5O10P.C5H9ClO4/c1-12(2)33-18(25)28-9-31-35(27,32-10-29-19(26)34-13(3)4)11-30-14(5)6-24-8-23-15-16(20)21-7-22-17(15)24;1-4(2)10-5(7)8-3-9-6/h7-8,12-14H,6,9-11H2,1-5H3,(H2,20,21,22);4H,3H2,1-2H3/t14-;/m1./s1. The lowest BCUT2D eigenvalue weighted by molar-refractivity contribution is -0.0369. The number of nitrogen functional groups attached to an aromatic ring is 1. The van der Waals surface area contributed by atoms with Gasteiger partial charge in [0.1, 0.15) is 18.2 Å². The van der Waals surface area contributed by atoms with Gasteiger partial charge in [-0.3, -0.25) is 13.6 Å². The molecule has 0 saturated heterocycles. The van der Waals surface area contributed by atoms with E-state index in [4.69, 9.17) is 50.3 Å². The predicted molar refractivity (Wildman–Crippen MR) is 155 cm³/mol. The molecule has 2 N–H and O–H groups in total. The first-order chi connectivity index (χ1) is 21.2. The van der Waals surface area contributed by atoms with Crippen molar-refractivity contribution in [2.75, 3.05) is 32.5 Å². The molecular weight excluding hydrogens is 649 g/mol. The van der Waals surface area contributed by atoms with Gasteiger partial charge in [0.2, 0.25) is 20.4 Å². The van der Waals surface area contributed by atoms with Crippen LogP contribution in [0.3, 0.4) is 0 Å². The molecule has 21 heteroatoms. The molecule has 256 valence electrons. The van der Waals surface area contributed by atoms with E-state index < -0.39 is 64.3 Å². The summed E-state index contributed by atoms with van der Waals surface area (Å²) in [6, 6.07) is 0. The zero-order chi connectivity index (χ0) is 34.0. The molecule has 2 aromatic rings. The van der Waals surface area contributed by atoms with Crippen molar-refractivity contribution in [1.29, 1.82) is 0 Å². The van der Waals surface area contributed by atoms with Gasteiger partial charge in [0.15, 0.2) is 11.5 Å². The van der Waals surface area contributed by atoms with Crippen LogP contribution in [0.2, 0.25) is 0 Å². The Balaban J connectivity index is 0.000000868. The molecule has 0 spiro atoms. The smallest absolute Gasteiger partial charge is 0.432 e. The van der Waals surface area contributed by atoms with Crippen LogP contribution in [-0.4, -0.2) is 89.1 Å². The zero-order valence-corrected chi connectivity index (χ0v) is 27.6. The first-order valence-corrected chi connectivity index (χ1v) is 15.3. The van der Waals surface area contributed by atoms with Crippen LogP contribution in [0.15, 0.2) is 12.7 Å². The molecule has 2 rings (SSSR count). The van der Waals surface area contributed by atoms with Gasteiger partial charge < -0.3 is 43.5 Å². The fourth-order valence-electron chi connectivity index (χ4n) is 2.75. The normalized spacial score (nSPS) is 12.0. The highest BCUT2D eigenvalue weighted by Gasteiger charge is 2.29. The van der Waals surface area contributed by atoms with Gasteiger partial charge in [-0.25, -0.2) is 33.6 Å². The van der Waals surface area contributed by atoms with Crippen LogP contribution in [0.4, 0.5) is 20.2 Å². The first kappa shape index (κ1) is 39.5. The number of nitrogens with two attached hydrogens (primary N) is 1. The molecule has 0 unspecified atom stereocenters. The second-order valence-corrected chi connectivity index (χ2v) is 11.7. The van der Waals surface area contributed by atoms with E-state index >= 15 is 0 Å². The van der Waals surface area contributed by atoms with Gasteiger partial charge in [0.25, 0.3) is 0 Å². The second-order valence-electron chi connectivity index (χ2n) is 9.45. The van der Waals surface area contributed by atoms with Gasteiger partial charge in [0, 0.05) is 0 Å². The van der Waals surface area contributed by atoms with E-state index in [2.05, 4.69) is 28.7 Å². The number of carbonyl (C=O) groups excluding carboxylic acids is 3. The van der Waals surface area contributed by atoms with Crippen molar-refractivity contribution in [3.05, 3.63) is 12.7 Å². The number of aromatic nitrogens is 4. The summed E-state index contributed by atoms with van der Waals surface area (Å²) >= 11 is 4.75. The third-order valence-corrected chi connectivity index (χ3v) is 6.02. The number of carbonyl (C=O) groups is 3. The van der Waals surface area contributed by atoms with Crippen LogP contribution in [0.1, 0.15) is 48.5 Å². The van der Waals surface area contributed by atoms with E-state index in [1.807, 2.05) is 0 Å². The highest BCUT2D eigenvalue weighted by molar-refractivity contribution is 7.53. The summed E-state index contributed by atoms with van der Waals surface area (Å²) in [5, 5.41) is 0. The van der Waals surface area contributed by atoms with Crippen LogP contribution in [-0.2, 0) is 57.6 Å². The maximum atomic E-state index is 13.1. The topological polar surface area (TPSA) is 230 Å². The molecule has 0 aromatic carbocycles. The zero-order valence-electron chi connectivity index (χ0n) is 25.9. The minimum absolute atomic E-state index is 0.192. The number of ether oxygens (including phenoxy) is 7. The number of rotatable bonds is 16. The summed E-state index contributed by atoms with van der Waals surface area (Å²) in [5.74, 6) is 0.237. The lowest BCUT2D eigenvalue weighted by Gasteiger charge is -2.21. The van der Waals surface area contributed by atoms with Gasteiger partial charge >= 0.3 is 26.1 Å². The molecule has 0 fully saturated rings. The Morgan fingerprint density at radius 1 is 0.822 bits per heavy atom. The summed E-state index contributed by atoms with van der Waals surface area (Å²) < 4.78 is 62.4. The number of fused-ring (bicyclic) bond motifs is 1. The van der Waals surface area contributed by atoms with Crippen molar-refractivity contribution in [1.82, 2.24) is 19.5 Å². The Bertz CT molecular complexity index is 1220. The second kappa shape index (κ2) is 20.5. The molecule has 0 aliphatic carbocycles. The molecule has 2 aromatic heterocycles. The summed E-state index contributed by atoms with van der Waals surface area (Å²) in [7, 11) is -4.06. The maximum absolute atomic E-state index is 13.1. The van der Waals surface area contributed by atoms with Crippen molar-refractivity contribution in [2.24, 2.45) is 0 Å². The van der Waals surface area contributed by atoms with Crippen molar-refractivity contribution in [3.63, 3.8) is 0 Å². The van der Waals surface area contributed by atoms with Gasteiger partial charge in [-0.15, -0.1) is 0 Å². The summed E-state index contributed by atoms with van der Waals surface area (Å²) in [5.41, 5.74) is 6.72. The number of hydrogen-bond donors (Lipinski definition) is 1. The molecule has 45 heavy (non-hydrogen) atoms. The number of hydrogen-bond acceptors (Lipinski definition) is 18. The summed E-state index contributed by atoms with van der Waals surface area (Å²) in [6.45, 7) is 10.1. The highest BCUT2D eigenvalue weighted by atomic mass is 35.5. The summed E-state index contributed by atoms with van der Waals surface area (Å²) in [6.07, 6.45) is -2.11. The average Bonchev–Trinajstić information content (AvgIpc) is 3.34. The van der Waals surface area contributed by atoms with Crippen molar-refractivity contribution in [2.45, 2.75) is 79.4 Å². The molecule has 19 nitrogen and oxygen atoms in total. The predicted octanol–water partition coefficient (Wildman–Crippen LogP) is 4.71. The third kappa shape index (κ3) is 17.0. The van der Waals surface area contributed by atoms with E-state index in [0.29, 0.717) is 11.2 Å². The van der Waals surface area contributed by atoms with Crippen LogP contribution in [0.25, 0.3) is 11.2 Å². The molecule has 0 bridgehead atoms. The van der Waals surface area contributed by atoms with Gasteiger partial charge in [0.05, 0.1) is 49.2 Å². The fourth-order valence-corrected chi connectivity index (χ4v) is 3.88. The Kier molecular flexibility index (Phi) is 18.0. The minimum atomic E-state index is -4.06. The number of nitrogens with zero attached hydrogens (tertiary/aromatic N) is 4. The summed E-state index contributed by atoms with van der Waals surface area (Å²) in [4.78, 5) is 45.7. The third-order valence-electron chi connectivity index (χ3n) is 4.47. The molecule has 0 radical (unpaired) electrons. The number of anilines is 1. The van der Waals surface area contributed by atoms with Crippen molar-refractivity contribution < 1.29 is 65.4 Å². The Hall–Kier alpha value is -3.48. The van der Waals surface area contributed by atoms with E-state index in [1.165, 1.54) is 12.7 Å². The molecule has 0 saturated carbocycles. The van der Waals surface area contributed by atoms with Crippen LogP contribution >= 0.6 is 19.5 Å². The molecular formula is C24H39ClN5O14P. The minimum Gasteiger partial charge on any atom is -0.432 e. The monoisotopic (exact) mass is 687 g/mol. The molecule has 2 heterocycles. The molecule has 0 aliphatic rings. The fraction of sp³-hybridized carbons (Fsp3) is 0.667. The Morgan fingerprint density at radius 3 is 1.78 bits per heavy atom. The van der Waals surface area contributed by atoms with E-state index in [1.54, 1.807) is 53.0 Å². The van der Waals surface area contributed by atoms with E-state index in [9.17, 15) is 18.9 Å². The van der Waals surface area contributed by atoms with Crippen LogP contribution in [0.5, 0.6) is 0 Å². The van der Waals surface area contributed by atoms with E-state index in [0.717, 1.165) is 0 Å². The quantitative estimate of drug-likeness (QED) is 0.109. The van der Waals surface area contributed by atoms with Crippen LogP contribution < -0.4 is 5.73 Å². The number of imidazole rings is 1. The first-order valence-electron chi connectivity index (χ1n) is 13.3. The maximum Gasteiger partial charge on any atom is 0.510 e. The SMILES string of the molecule is CC(C)OC(=O)OCOCl.CC(C)OC(=O)OCOP(=O)(CO[C@H](C)Cn1cnc2c(N)ncnc21)OCOC(=O)OC(C)C. The number of halogens is 1. The largest absolute Gasteiger partial charge is 0.510 e. The highest BCUT2D eigenvalue weighted by Crippen LogP contribution is 2.48. The van der Waals surface area contributed by atoms with Gasteiger partial charge in [-0.2, -0.15) is 0 Å². The lowest BCUT2D eigenvalue weighted by Crippen LogP contribution is -2.20. The van der Waals surface area contributed by atoms with Gasteiger partial charge in [-0.05, 0) is 48.5 Å². The van der Waals surface area contributed by atoms with Crippen LogP contribution in [0, 0.1) is 0 Å². The average molecular weight is 688 g/mol. The van der Waals surface area contributed by atoms with Crippen molar-refractivity contribution in [3.8, 4) is 0 Å². The van der Waals surface area contributed by atoms with Crippen molar-refractivity contribution >= 4 is 54.9 Å².